The van der Waals surface area contributed by atoms with Crippen LogP contribution in [0.25, 0.3) is 10.8 Å². The van der Waals surface area contributed by atoms with Crippen LogP contribution in [-0.4, -0.2) is 11.9 Å². The molecule has 0 heterocycles. The van der Waals surface area contributed by atoms with Gasteiger partial charge in [-0.05, 0) is 40.5 Å². The molecule has 0 saturated heterocycles. The topological polar surface area (TPSA) is 81.5 Å². The number of nitrogens with zero attached hydrogens (tertiary/aromatic N) is 1. The summed E-state index contributed by atoms with van der Waals surface area (Å²) >= 11 is 6.08. The quantitative estimate of drug-likeness (QED) is 0.556. The van der Waals surface area contributed by atoms with E-state index in [4.69, 9.17) is 23.1 Å². The lowest BCUT2D eigenvalue weighted by Crippen LogP contribution is -2.26. The first-order valence-corrected chi connectivity index (χ1v) is 8.28. The molecule has 0 aliphatic carbocycles. The van der Waals surface area contributed by atoms with Crippen LogP contribution in [0, 0.1) is 0 Å². The number of nitrogens with two attached hydrogens (primary N) is 2. The monoisotopic (exact) mass is 351 g/mol. The summed E-state index contributed by atoms with van der Waals surface area (Å²) in [7, 11) is 0. The molecule has 0 unspecified atom stereocenters. The second kappa shape index (κ2) is 7.36. The Bertz CT molecular complexity index is 943. The van der Waals surface area contributed by atoms with E-state index in [1.807, 2.05) is 60.7 Å². The zero-order chi connectivity index (χ0) is 17.8. The van der Waals surface area contributed by atoms with E-state index in [1.54, 1.807) is 6.07 Å². The summed E-state index contributed by atoms with van der Waals surface area (Å²) in [4.78, 5) is 16.5. The summed E-state index contributed by atoms with van der Waals surface area (Å²) in [5.74, 6) is -1.09. The lowest BCUT2D eigenvalue weighted by atomic mass is 9.88. The third kappa shape index (κ3) is 3.98. The Labute approximate surface area is 151 Å². The molecule has 0 radical (unpaired) electrons. The van der Waals surface area contributed by atoms with Gasteiger partial charge < -0.3 is 11.5 Å². The van der Waals surface area contributed by atoms with Gasteiger partial charge in [0.05, 0.1) is 5.92 Å². The van der Waals surface area contributed by atoms with Gasteiger partial charge in [-0.1, -0.05) is 66.2 Å². The highest BCUT2D eigenvalue weighted by Crippen LogP contribution is 2.30. The number of guanidine groups is 1. The number of halogens is 1. The van der Waals surface area contributed by atoms with E-state index >= 15 is 0 Å². The molecule has 0 aromatic heterocycles. The average Bonchev–Trinajstić information content (AvgIpc) is 2.59. The van der Waals surface area contributed by atoms with Gasteiger partial charge in [0.15, 0.2) is 5.96 Å². The van der Waals surface area contributed by atoms with Crippen LogP contribution < -0.4 is 11.5 Å². The van der Waals surface area contributed by atoms with Gasteiger partial charge in [0.2, 0.25) is 0 Å². The van der Waals surface area contributed by atoms with Crippen LogP contribution in [-0.2, 0) is 11.2 Å². The number of benzene rings is 3. The fraction of sp³-hybridized carbons (Fsp3) is 0.100. The minimum absolute atomic E-state index is 0.235. The third-order valence-electron chi connectivity index (χ3n) is 4.07. The van der Waals surface area contributed by atoms with E-state index in [1.165, 1.54) is 0 Å². The van der Waals surface area contributed by atoms with Crippen LogP contribution in [0.3, 0.4) is 0 Å². The number of carbonyl (C=O) groups excluding carboxylic acids is 1. The third-order valence-corrected chi connectivity index (χ3v) is 4.30. The minimum atomic E-state index is -0.494. The summed E-state index contributed by atoms with van der Waals surface area (Å²) in [6.45, 7) is 0. The maximum atomic E-state index is 12.7. The standard InChI is InChI=1S/C20H18ClN3O/c21-15-8-3-5-13(11-15)12-18(19(25)24-20(22)23)17-10-4-7-14-6-1-2-9-16(14)17/h1-11,18H,12H2,(H4,22,23,24,25)/t18-/m1/s1. The second-order valence-corrected chi connectivity index (χ2v) is 6.27. The molecule has 3 aromatic carbocycles. The van der Waals surface area contributed by atoms with Gasteiger partial charge in [-0.15, -0.1) is 0 Å². The SMILES string of the molecule is NC(N)=NC(=O)[C@H](Cc1cccc(Cl)c1)c1cccc2ccccc12. The Morgan fingerprint density at radius 2 is 1.72 bits per heavy atom. The van der Waals surface area contributed by atoms with E-state index in [2.05, 4.69) is 4.99 Å². The predicted molar refractivity (Wildman–Crippen MR) is 103 cm³/mol. The van der Waals surface area contributed by atoms with E-state index in [-0.39, 0.29) is 11.9 Å². The fourth-order valence-electron chi connectivity index (χ4n) is 2.99. The van der Waals surface area contributed by atoms with Crippen LogP contribution in [0.1, 0.15) is 17.0 Å². The molecule has 0 spiro atoms. The first kappa shape index (κ1) is 17.0. The van der Waals surface area contributed by atoms with Gasteiger partial charge in [-0.25, -0.2) is 0 Å². The highest BCUT2D eigenvalue weighted by molar-refractivity contribution is 6.30. The van der Waals surface area contributed by atoms with Gasteiger partial charge in [-0.3, -0.25) is 4.79 Å². The molecule has 0 bridgehead atoms. The maximum absolute atomic E-state index is 12.7. The van der Waals surface area contributed by atoms with Crippen LogP contribution in [0.5, 0.6) is 0 Å². The van der Waals surface area contributed by atoms with Crippen molar-refractivity contribution in [1.29, 1.82) is 0 Å². The lowest BCUT2D eigenvalue weighted by molar-refractivity contribution is -0.119. The van der Waals surface area contributed by atoms with Gasteiger partial charge in [0.25, 0.3) is 5.91 Å². The van der Waals surface area contributed by atoms with Crippen molar-refractivity contribution in [3.05, 3.63) is 82.9 Å². The summed E-state index contributed by atoms with van der Waals surface area (Å²) in [5.41, 5.74) is 12.7. The molecule has 1 amide bonds. The van der Waals surface area contributed by atoms with Crippen molar-refractivity contribution in [1.82, 2.24) is 0 Å². The zero-order valence-electron chi connectivity index (χ0n) is 13.5. The molecular formula is C20H18ClN3O. The van der Waals surface area contributed by atoms with Crippen molar-refractivity contribution in [2.45, 2.75) is 12.3 Å². The highest BCUT2D eigenvalue weighted by Gasteiger charge is 2.23. The Kier molecular flexibility index (Phi) is 5.00. The van der Waals surface area contributed by atoms with Gasteiger partial charge >= 0.3 is 0 Å². The normalized spacial score (nSPS) is 11.9. The number of hydrogen-bond donors (Lipinski definition) is 2. The maximum Gasteiger partial charge on any atom is 0.256 e. The molecule has 126 valence electrons. The Morgan fingerprint density at radius 3 is 2.48 bits per heavy atom. The van der Waals surface area contributed by atoms with Crippen LogP contribution in [0.4, 0.5) is 0 Å². The largest absolute Gasteiger partial charge is 0.370 e. The number of rotatable bonds is 4. The fourth-order valence-corrected chi connectivity index (χ4v) is 3.20. The Balaban J connectivity index is 2.10. The van der Waals surface area contributed by atoms with Crippen molar-refractivity contribution in [3.63, 3.8) is 0 Å². The van der Waals surface area contributed by atoms with Crippen LogP contribution >= 0.6 is 11.6 Å². The Morgan fingerprint density at radius 1 is 1.00 bits per heavy atom. The average molecular weight is 352 g/mol. The smallest absolute Gasteiger partial charge is 0.256 e. The Hall–Kier alpha value is -2.85. The van der Waals surface area contributed by atoms with Gasteiger partial charge in [0.1, 0.15) is 0 Å². The molecule has 1 atom stereocenters. The van der Waals surface area contributed by atoms with Gasteiger partial charge in [-0.2, -0.15) is 4.99 Å². The number of aliphatic imine (C=N–C) groups is 1. The van der Waals surface area contributed by atoms with Crippen LogP contribution in [0.2, 0.25) is 5.02 Å². The molecule has 0 saturated carbocycles. The van der Waals surface area contributed by atoms with Crippen molar-refractivity contribution >= 4 is 34.2 Å². The summed E-state index contributed by atoms with van der Waals surface area (Å²) < 4.78 is 0. The molecule has 4 N–H and O–H groups in total. The van der Waals surface area contributed by atoms with Crippen molar-refractivity contribution < 1.29 is 4.79 Å². The molecule has 0 fully saturated rings. The highest BCUT2D eigenvalue weighted by atomic mass is 35.5. The summed E-state index contributed by atoms with van der Waals surface area (Å²) in [6.07, 6.45) is 0.462. The second-order valence-electron chi connectivity index (χ2n) is 5.83. The number of carbonyl (C=O) groups is 1. The van der Waals surface area contributed by atoms with E-state index in [0.29, 0.717) is 11.4 Å². The van der Waals surface area contributed by atoms with Gasteiger partial charge in [0, 0.05) is 5.02 Å². The zero-order valence-corrected chi connectivity index (χ0v) is 14.3. The molecule has 0 aliphatic rings. The van der Waals surface area contributed by atoms with Crippen molar-refractivity contribution in [3.8, 4) is 0 Å². The first-order valence-electron chi connectivity index (χ1n) is 7.90. The van der Waals surface area contributed by atoms with E-state index < -0.39 is 5.92 Å². The molecular weight excluding hydrogens is 334 g/mol. The van der Waals surface area contributed by atoms with E-state index in [0.717, 1.165) is 21.9 Å². The van der Waals surface area contributed by atoms with E-state index in [9.17, 15) is 4.79 Å². The van der Waals surface area contributed by atoms with Crippen molar-refractivity contribution in [2.75, 3.05) is 0 Å². The number of hydrogen-bond acceptors (Lipinski definition) is 1. The molecule has 3 aromatic rings. The lowest BCUT2D eigenvalue weighted by Gasteiger charge is -2.17. The molecule has 3 rings (SSSR count). The molecule has 25 heavy (non-hydrogen) atoms. The molecule has 5 heteroatoms. The predicted octanol–water partition coefficient (Wildman–Crippen LogP) is 3.62. The summed E-state index contributed by atoms with van der Waals surface area (Å²) in [6, 6.07) is 21.3. The summed E-state index contributed by atoms with van der Waals surface area (Å²) in [5, 5.41) is 2.70. The van der Waals surface area contributed by atoms with Crippen LogP contribution in [0.15, 0.2) is 71.7 Å². The number of fused-ring (bicyclic) bond motifs is 1. The minimum Gasteiger partial charge on any atom is -0.370 e. The first-order chi connectivity index (χ1) is 12.0. The molecule has 0 aliphatic heterocycles. The number of amides is 1. The van der Waals surface area contributed by atoms with Crippen molar-refractivity contribution in [2.24, 2.45) is 16.5 Å². The molecule has 4 nitrogen and oxygen atoms in total.